The van der Waals surface area contributed by atoms with Crippen molar-refractivity contribution in [2.24, 2.45) is 11.3 Å². The Balaban J connectivity index is 0.00000140. The van der Waals surface area contributed by atoms with Gasteiger partial charge in [0.15, 0.2) is 0 Å². The molecule has 2 aromatic carbocycles. The van der Waals surface area contributed by atoms with E-state index in [9.17, 15) is 0 Å². The Kier molecular flexibility index (Phi) is 8.58. The van der Waals surface area contributed by atoms with Gasteiger partial charge in [0.25, 0.3) is 0 Å². The molecule has 0 aliphatic heterocycles. The molecule has 2 aliphatic carbocycles. The fourth-order valence-corrected chi connectivity index (χ4v) is 4.11. The third kappa shape index (κ3) is 4.58. The van der Waals surface area contributed by atoms with Crippen LogP contribution in [0.25, 0.3) is 17.2 Å². The maximum absolute atomic E-state index is 3.72. The second kappa shape index (κ2) is 9.51. The Morgan fingerprint density at radius 1 is 0.931 bits per heavy atom. The zero-order valence-corrected chi connectivity index (χ0v) is 21.9. The van der Waals surface area contributed by atoms with Gasteiger partial charge in [-0.25, -0.2) is 0 Å². The Hall–Kier alpha value is -0.877. The van der Waals surface area contributed by atoms with Gasteiger partial charge >= 0.3 is 26.2 Å². The van der Waals surface area contributed by atoms with E-state index in [0.29, 0.717) is 5.92 Å². The molecule has 2 aromatic rings. The molecule has 149 valence electrons. The third-order valence-corrected chi connectivity index (χ3v) is 5.61. The normalized spacial score (nSPS) is 16.1. The van der Waals surface area contributed by atoms with Gasteiger partial charge in [0.1, 0.15) is 0 Å². The summed E-state index contributed by atoms with van der Waals surface area (Å²) >= 11 is 0. The van der Waals surface area contributed by atoms with Crippen LogP contribution < -0.4 is 35.3 Å². The van der Waals surface area contributed by atoms with E-state index in [1.807, 2.05) is 0 Å². The molecule has 1 atom stereocenters. The molecular weight excluding hydrogens is 474 g/mol. The van der Waals surface area contributed by atoms with Gasteiger partial charge in [-0.3, -0.25) is 0 Å². The number of allylic oxidation sites excluding steroid dienone is 4. The van der Waals surface area contributed by atoms with E-state index in [-0.39, 0.29) is 56.4 Å². The quantitative estimate of drug-likeness (QED) is 0.383. The van der Waals surface area contributed by atoms with Crippen molar-refractivity contribution in [2.75, 3.05) is 0 Å². The molecule has 0 spiro atoms. The minimum absolute atomic E-state index is 0. The van der Waals surface area contributed by atoms with Crippen molar-refractivity contribution in [1.29, 1.82) is 0 Å². The summed E-state index contributed by atoms with van der Waals surface area (Å²) in [5.74, 6) is 0.430. The molecule has 0 saturated heterocycles. The van der Waals surface area contributed by atoms with Gasteiger partial charge < -0.3 is 24.8 Å². The van der Waals surface area contributed by atoms with Crippen molar-refractivity contribution in [1.82, 2.24) is 0 Å². The first-order chi connectivity index (χ1) is 12.3. The Morgan fingerprint density at radius 2 is 1.59 bits per heavy atom. The van der Waals surface area contributed by atoms with E-state index in [4.69, 9.17) is 0 Å². The largest absolute Gasteiger partial charge is 3.00 e. The SMILES string of the molecule is CC(C)=c1ccc2c(c1C1=CC(C(C)(C)C)=CC1C)[C-]=c1ccccc1=2.[Cl-].[Cl-].[Zr+3]. The van der Waals surface area contributed by atoms with Gasteiger partial charge in [0.2, 0.25) is 0 Å². The van der Waals surface area contributed by atoms with Crippen LogP contribution in [0.2, 0.25) is 0 Å². The number of benzene rings is 2. The second-order valence-corrected chi connectivity index (χ2v) is 8.84. The van der Waals surface area contributed by atoms with Gasteiger partial charge in [0.05, 0.1) is 0 Å². The first-order valence-corrected chi connectivity index (χ1v) is 9.55. The summed E-state index contributed by atoms with van der Waals surface area (Å²) in [7, 11) is 0. The van der Waals surface area contributed by atoms with Crippen LogP contribution in [0, 0.1) is 21.8 Å². The molecule has 2 aliphatic rings. The molecule has 0 heterocycles. The van der Waals surface area contributed by atoms with Crippen LogP contribution in [0.4, 0.5) is 0 Å². The van der Waals surface area contributed by atoms with E-state index in [2.05, 4.69) is 96.2 Å². The summed E-state index contributed by atoms with van der Waals surface area (Å²) in [6, 6.07) is 13.2. The summed E-state index contributed by atoms with van der Waals surface area (Å²) in [6.07, 6.45) is 8.58. The molecular formula is C26H27Cl2Zr. The van der Waals surface area contributed by atoms with Crippen molar-refractivity contribution in [3.8, 4) is 0 Å². The van der Waals surface area contributed by atoms with Crippen molar-refractivity contribution in [3.05, 3.63) is 86.1 Å². The fraction of sp³-hybridized carbons (Fsp3) is 0.308. The number of hydrogen-bond donors (Lipinski definition) is 0. The van der Waals surface area contributed by atoms with Crippen molar-refractivity contribution >= 4 is 17.2 Å². The van der Waals surface area contributed by atoms with E-state index >= 15 is 0 Å². The number of halogens is 2. The first-order valence-electron chi connectivity index (χ1n) is 9.55. The van der Waals surface area contributed by atoms with Crippen LogP contribution in [0.5, 0.6) is 0 Å². The van der Waals surface area contributed by atoms with E-state index in [1.54, 1.807) is 0 Å². The average molecular weight is 502 g/mol. The van der Waals surface area contributed by atoms with Crippen molar-refractivity contribution in [2.45, 2.75) is 41.5 Å². The Bertz CT molecular complexity index is 1190. The Labute approximate surface area is 206 Å². The molecule has 0 bridgehead atoms. The summed E-state index contributed by atoms with van der Waals surface area (Å²) in [5, 5.41) is 5.19. The van der Waals surface area contributed by atoms with Crippen molar-refractivity contribution < 1.29 is 51.0 Å². The summed E-state index contributed by atoms with van der Waals surface area (Å²) in [4.78, 5) is 0. The standard InChI is InChI=1S/C26H27.2ClH.Zr/c1-16(2)20-11-12-22-21-10-8-7-9-18(21)14-24(22)25(20)23-15-19(13-17(23)3)26(4,5)6;;;/h7-13,15,17H,1-6H3;2*1H;/q-1;;;+3/p-2. The number of rotatable bonds is 1. The molecule has 3 heteroatoms. The van der Waals surface area contributed by atoms with E-state index < -0.39 is 0 Å². The maximum Gasteiger partial charge on any atom is 3.00 e. The van der Waals surface area contributed by atoms with Gasteiger partial charge in [-0.2, -0.15) is 0 Å². The molecule has 4 rings (SSSR count). The minimum atomic E-state index is 0. The average Bonchev–Trinajstić information content (AvgIpc) is 3.14. The topological polar surface area (TPSA) is 0 Å². The van der Waals surface area contributed by atoms with E-state index in [0.717, 1.165) is 0 Å². The molecule has 1 radical (unpaired) electrons. The van der Waals surface area contributed by atoms with Crippen molar-refractivity contribution in [3.63, 3.8) is 0 Å². The zero-order valence-electron chi connectivity index (χ0n) is 18.0. The predicted molar refractivity (Wildman–Crippen MR) is 112 cm³/mol. The van der Waals surface area contributed by atoms with E-state index in [1.165, 1.54) is 48.7 Å². The monoisotopic (exact) mass is 499 g/mol. The first kappa shape index (κ1) is 26.2. The molecule has 0 fully saturated rings. The summed E-state index contributed by atoms with van der Waals surface area (Å²) in [5.41, 5.74) is 7.05. The number of fused-ring (bicyclic) bond motifs is 2. The molecule has 0 amide bonds. The van der Waals surface area contributed by atoms with Crippen LogP contribution in [-0.2, 0) is 26.2 Å². The molecule has 0 nitrogen and oxygen atoms in total. The maximum atomic E-state index is 3.72. The van der Waals surface area contributed by atoms with Crippen LogP contribution in [0.3, 0.4) is 0 Å². The molecule has 0 N–H and O–H groups in total. The number of hydrogen-bond acceptors (Lipinski definition) is 0. The van der Waals surface area contributed by atoms with Crippen LogP contribution in [0.1, 0.15) is 52.7 Å². The summed E-state index contributed by atoms with van der Waals surface area (Å²) < 4.78 is 0. The predicted octanol–water partition coefficient (Wildman–Crippen LogP) is -0.806. The fourth-order valence-electron chi connectivity index (χ4n) is 4.11. The second-order valence-electron chi connectivity index (χ2n) is 8.84. The minimum Gasteiger partial charge on any atom is -1.00 e. The molecule has 0 saturated carbocycles. The molecule has 29 heavy (non-hydrogen) atoms. The molecule has 0 aromatic heterocycles. The van der Waals surface area contributed by atoms with Gasteiger partial charge in [-0.15, -0.1) is 33.4 Å². The molecule has 1 unspecified atom stereocenters. The van der Waals surface area contributed by atoms with Crippen LogP contribution in [0.15, 0.2) is 54.1 Å². The summed E-state index contributed by atoms with van der Waals surface area (Å²) in [6.45, 7) is 13.6. The van der Waals surface area contributed by atoms with Gasteiger partial charge in [-0.05, 0) is 30.8 Å². The van der Waals surface area contributed by atoms with Gasteiger partial charge in [0, 0.05) is 0 Å². The van der Waals surface area contributed by atoms with Gasteiger partial charge in [-0.1, -0.05) is 92.1 Å². The van der Waals surface area contributed by atoms with Crippen LogP contribution >= 0.6 is 0 Å². The zero-order chi connectivity index (χ0) is 18.6. The van der Waals surface area contributed by atoms with Crippen LogP contribution in [-0.4, -0.2) is 0 Å². The smallest absolute Gasteiger partial charge is 1.00 e. The Morgan fingerprint density at radius 3 is 2.17 bits per heavy atom. The third-order valence-electron chi connectivity index (χ3n) is 5.61.